The fourth-order valence-electron chi connectivity index (χ4n) is 1.81. The Kier molecular flexibility index (Phi) is 5.35. The number of carboxylic acid groups (broad SMARTS) is 1. The van der Waals surface area contributed by atoms with Crippen LogP contribution in [0.25, 0.3) is 0 Å². The van der Waals surface area contributed by atoms with Gasteiger partial charge in [-0.25, -0.2) is 12.8 Å². The van der Waals surface area contributed by atoms with E-state index in [2.05, 4.69) is 0 Å². The molecule has 0 aliphatic carbocycles. The van der Waals surface area contributed by atoms with Crippen LogP contribution in [-0.4, -0.2) is 35.9 Å². The van der Waals surface area contributed by atoms with E-state index in [4.69, 9.17) is 16.7 Å². The van der Waals surface area contributed by atoms with Gasteiger partial charge in [-0.05, 0) is 39.0 Å². The van der Waals surface area contributed by atoms with Gasteiger partial charge in [0.1, 0.15) is 10.7 Å². The van der Waals surface area contributed by atoms with Crippen LogP contribution in [0.1, 0.15) is 27.2 Å². The number of aliphatic carboxylic acids is 1. The third-order valence-electron chi connectivity index (χ3n) is 2.74. The Hall–Kier alpha value is -1.18. The number of carboxylic acids is 1. The summed E-state index contributed by atoms with van der Waals surface area (Å²) in [5, 5.41) is 8.65. The largest absolute Gasteiger partial charge is 0.481 e. The molecule has 0 aliphatic heterocycles. The standard InChI is InChI=1S/C13H17ClFNO4S/c1-13(2,3)16(7-6-12(17)18)21(19,20)11-8-9(15)4-5-10(11)14/h4-5,8H,6-7H2,1-3H3,(H,17,18). The molecule has 0 unspecified atom stereocenters. The molecule has 0 amide bonds. The summed E-state index contributed by atoms with van der Waals surface area (Å²) in [5.74, 6) is -1.85. The minimum Gasteiger partial charge on any atom is -0.481 e. The van der Waals surface area contributed by atoms with Gasteiger partial charge in [0.05, 0.1) is 11.4 Å². The fraction of sp³-hybridized carbons (Fsp3) is 0.462. The molecule has 0 heterocycles. The fourth-order valence-corrected chi connectivity index (χ4v) is 4.08. The molecule has 1 aromatic carbocycles. The van der Waals surface area contributed by atoms with Gasteiger partial charge in [-0.1, -0.05) is 11.6 Å². The van der Waals surface area contributed by atoms with Gasteiger partial charge < -0.3 is 5.11 Å². The number of sulfonamides is 1. The van der Waals surface area contributed by atoms with Gasteiger partial charge in [-0.15, -0.1) is 0 Å². The van der Waals surface area contributed by atoms with Crippen LogP contribution in [0, 0.1) is 5.82 Å². The van der Waals surface area contributed by atoms with Crippen LogP contribution in [0.3, 0.4) is 0 Å². The zero-order chi connectivity index (χ0) is 16.4. The topological polar surface area (TPSA) is 74.7 Å². The summed E-state index contributed by atoms with van der Waals surface area (Å²) in [4.78, 5) is 10.3. The second-order valence-electron chi connectivity index (χ2n) is 5.47. The molecule has 0 bridgehead atoms. The summed E-state index contributed by atoms with van der Waals surface area (Å²) in [5.41, 5.74) is -0.871. The highest BCUT2D eigenvalue weighted by molar-refractivity contribution is 7.89. The van der Waals surface area contributed by atoms with Crippen molar-refractivity contribution < 1.29 is 22.7 Å². The third kappa shape index (κ3) is 4.39. The third-order valence-corrected chi connectivity index (χ3v) is 5.38. The van der Waals surface area contributed by atoms with E-state index in [1.54, 1.807) is 20.8 Å². The lowest BCUT2D eigenvalue weighted by molar-refractivity contribution is -0.137. The zero-order valence-electron chi connectivity index (χ0n) is 11.9. The molecule has 0 radical (unpaired) electrons. The average Bonchev–Trinajstić information content (AvgIpc) is 2.29. The zero-order valence-corrected chi connectivity index (χ0v) is 13.5. The van der Waals surface area contributed by atoms with Crippen LogP contribution in [0.2, 0.25) is 5.02 Å². The maximum Gasteiger partial charge on any atom is 0.304 e. The van der Waals surface area contributed by atoms with E-state index in [1.165, 1.54) is 0 Å². The highest BCUT2D eigenvalue weighted by Crippen LogP contribution is 2.30. The lowest BCUT2D eigenvalue weighted by Crippen LogP contribution is -2.46. The number of rotatable bonds is 5. The van der Waals surface area contributed by atoms with E-state index in [0.717, 1.165) is 22.5 Å². The Morgan fingerprint density at radius 1 is 1.38 bits per heavy atom. The highest BCUT2D eigenvalue weighted by atomic mass is 35.5. The van der Waals surface area contributed by atoms with Gasteiger partial charge in [-0.3, -0.25) is 4.79 Å². The Morgan fingerprint density at radius 3 is 2.43 bits per heavy atom. The van der Waals surface area contributed by atoms with E-state index >= 15 is 0 Å². The second kappa shape index (κ2) is 6.29. The van der Waals surface area contributed by atoms with Crippen molar-refractivity contribution in [1.29, 1.82) is 0 Å². The molecule has 1 rings (SSSR count). The number of halogens is 2. The number of hydrogen-bond acceptors (Lipinski definition) is 3. The molecular weight excluding hydrogens is 321 g/mol. The van der Waals surface area contributed by atoms with Crippen LogP contribution in [0.5, 0.6) is 0 Å². The number of benzene rings is 1. The van der Waals surface area contributed by atoms with Crippen molar-refractivity contribution in [2.75, 3.05) is 6.54 Å². The lowest BCUT2D eigenvalue weighted by atomic mass is 10.1. The van der Waals surface area contributed by atoms with E-state index in [-0.39, 0.29) is 22.9 Å². The van der Waals surface area contributed by atoms with E-state index < -0.39 is 27.3 Å². The first-order valence-corrected chi connectivity index (χ1v) is 7.98. The van der Waals surface area contributed by atoms with Crippen molar-refractivity contribution in [3.05, 3.63) is 29.0 Å². The van der Waals surface area contributed by atoms with Gasteiger partial charge in [0.15, 0.2) is 0 Å². The summed E-state index contributed by atoms with van der Waals surface area (Å²) in [6, 6.07) is 3.04. The Labute approximate surface area is 128 Å². The number of nitrogens with zero attached hydrogens (tertiary/aromatic N) is 1. The van der Waals surface area contributed by atoms with Gasteiger partial charge >= 0.3 is 5.97 Å². The van der Waals surface area contributed by atoms with Crippen molar-refractivity contribution in [1.82, 2.24) is 4.31 Å². The van der Waals surface area contributed by atoms with Gasteiger partial charge in [-0.2, -0.15) is 4.31 Å². The Balaban J connectivity index is 3.33. The minimum atomic E-state index is -4.11. The van der Waals surface area contributed by atoms with Crippen LogP contribution in [0.15, 0.2) is 23.1 Å². The van der Waals surface area contributed by atoms with Crippen molar-refractivity contribution in [2.24, 2.45) is 0 Å². The molecule has 0 saturated heterocycles. The van der Waals surface area contributed by atoms with Crippen LogP contribution in [-0.2, 0) is 14.8 Å². The summed E-state index contributed by atoms with van der Waals surface area (Å²) < 4.78 is 39.6. The molecule has 5 nitrogen and oxygen atoms in total. The molecule has 8 heteroatoms. The molecule has 0 atom stereocenters. The molecule has 0 aliphatic rings. The Bertz CT molecular complexity index is 640. The maximum absolute atomic E-state index is 13.3. The number of hydrogen-bond donors (Lipinski definition) is 1. The normalized spacial score (nSPS) is 12.7. The van der Waals surface area contributed by atoms with E-state index in [0.29, 0.717) is 0 Å². The highest BCUT2D eigenvalue weighted by Gasteiger charge is 2.35. The molecule has 0 aromatic heterocycles. The van der Waals surface area contributed by atoms with Gasteiger partial charge in [0.2, 0.25) is 10.0 Å². The molecule has 1 aromatic rings. The average molecular weight is 338 g/mol. The molecule has 0 saturated carbocycles. The summed E-state index contributed by atoms with van der Waals surface area (Å²) in [7, 11) is -4.11. The van der Waals surface area contributed by atoms with E-state index in [9.17, 15) is 17.6 Å². The first-order valence-electron chi connectivity index (χ1n) is 6.16. The first kappa shape index (κ1) is 17.9. The van der Waals surface area contributed by atoms with Crippen molar-refractivity contribution in [3.8, 4) is 0 Å². The van der Waals surface area contributed by atoms with E-state index in [1.807, 2.05) is 0 Å². The predicted molar refractivity (Wildman–Crippen MR) is 77.3 cm³/mol. The minimum absolute atomic E-state index is 0.110. The van der Waals surface area contributed by atoms with Crippen LogP contribution in [0.4, 0.5) is 4.39 Å². The first-order chi connectivity index (χ1) is 9.46. The SMILES string of the molecule is CC(C)(C)N(CCC(=O)O)S(=O)(=O)c1cc(F)ccc1Cl. The maximum atomic E-state index is 13.3. The molecule has 0 spiro atoms. The molecule has 1 N–H and O–H groups in total. The van der Waals surface area contributed by atoms with Crippen molar-refractivity contribution in [2.45, 2.75) is 37.6 Å². The Morgan fingerprint density at radius 2 is 1.95 bits per heavy atom. The van der Waals surface area contributed by atoms with Gasteiger partial charge in [0.25, 0.3) is 0 Å². The molecule has 118 valence electrons. The molecule has 0 fully saturated rings. The summed E-state index contributed by atoms with van der Waals surface area (Å²) in [6.07, 6.45) is -0.358. The van der Waals surface area contributed by atoms with Gasteiger partial charge in [0, 0.05) is 12.1 Å². The number of carbonyl (C=O) groups is 1. The second-order valence-corrected chi connectivity index (χ2v) is 7.70. The summed E-state index contributed by atoms with van der Waals surface area (Å²) in [6.45, 7) is 4.65. The van der Waals surface area contributed by atoms with Crippen LogP contribution >= 0.6 is 11.6 Å². The van der Waals surface area contributed by atoms with Crippen molar-refractivity contribution >= 4 is 27.6 Å². The quantitative estimate of drug-likeness (QED) is 0.896. The summed E-state index contributed by atoms with van der Waals surface area (Å²) >= 11 is 5.85. The molecular formula is C13H17ClFNO4S. The predicted octanol–water partition coefficient (Wildman–Crippen LogP) is 2.74. The van der Waals surface area contributed by atoms with Crippen molar-refractivity contribution in [3.63, 3.8) is 0 Å². The van der Waals surface area contributed by atoms with Crippen LogP contribution < -0.4 is 0 Å². The monoisotopic (exact) mass is 337 g/mol. The smallest absolute Gasteiger partial charge is 0.304 e. The molecule has 21 heavy (non-hydrogen) atoms. The lowest BCUT2D eigenvalue weighted by Gasteiger charge is -2.34.